The monoisotopic (exact) mass is 583 g/mol. The molecule has 10 nitrogen and oxygen atoms in total. The van der Waals surface area contributed by atoms with Gasteiger partial charge in [-0.3, -0.25) is 9.59 Å². The number of methoxy groups -OCH3 is 1. The maximum absolute atomic E-state index is 12.6. The van der Waals surface area contributed by atoms with E-state index in [2.05, 4.69) is 15.8 Å². The molecule has 0 saturated heterocycles. The molecule has 0 unspecified atom stereocenters. The minimum atomic E-state index is -1.01. The molecule has 1 aliphatic rings. The fourth-order valence-electron chi connectivity index (χ4n) is 4.04. The Morgan fingerprint density at radius 3 is 2.40 bits per heavy atom. The molecule has 40 heavy (non-hydrogen) atoms. The lowest BCUT2D eigenvalue weighted by Gasteiger charge is -2.11. The highest BCUT2D eigenvalue weighted by Gasteiger charge is 2.29. The Labute approximate surface area is 239 Å². The van der Waals surface area contributed by atoms with E-state index in [1.165, 1.54) is 24.5 Å². The SMILES string of the molecule is CCOC(=O)c1c(NC(=O)C(=O)N/N=C(\C)c2ccc(OC(=O)c3ccc(Cl)cc3)c(OC)c2)sc2c1CCC2. The van der Waals surface area contributed by atoms with Crippen molar-refractivity contribution < 1.29 is 33.4 Å². The van der Waals surface area contributed by atoms with Crippen molar-refractivity contribution >= 4 is 57.4 Å². The fraction of sp³-hybridized carbons (Fsp3) is 0.250. The molecule has 0 radical (unpaired) electrons. The Hall–Kier alpha value is -4.22. The Bertz CT molecular complexity index is 1500. The third-order valence-corrected chi connectivity index (χ3v) is 7.48. The minimum absolute atomic E-state index is 0.183. The molecule has 1 heterocycles. The summed E-state index contributed by atoms with van der Waals surface area (Å²) in [6.07, 6.45) is 2.45. The van der Waals surface area contributed by atoms with Gasteiger partial charge in [0.2, 0.25) is 0 Å². The smallest absolute Gasteiger partial charge is 0.343 e. The van der Waals surface area contributed by atoms with Crippen molar-refractivity contribution in [2.75, 3.05) is 19.0 Å². The first-order chi connectivity index (χ1) is 19.2. The normalized spacial score (nSPS) is 12.3. The first-order valence-electron chi connectivity index (χ1n) is 12.3. The molecular weight excluding hydrogens is 558 g/mol. The van der Waals surface area contributed by atoms with Crippen LogP contribution in [0.2, 0.25) is 5.02 Å². The number of aryl methyl sites for hydroxylation is 1. The van der Waals surface area contributed by atoms with E-state index in [-0.39, 0.29) is 23.1 Å². The maximum Gasteiger partial charge on any atom is 0.343 e. The molecule has 4 rings (SSSR count). The number of rotatable bonds is 8. The van der Waals surface area contributed by atoms with Crippen molar-refractivity contribution in [3.05, 3.63) is 74.6 Å². The van der Waals surface area contributed by atoms with Crippen molar-refractivity contribution in [2.45, 2.75) is 33.1 Å². The summed E-state index contributed by atoms with van der Waals surface area (Å²) in [4.78, 5) is 51.0. The number of carbonyl (C=O) groups is 4. The van der Waals surface area contributed by atoms with Crippen LogP contribution in [0.15, 0.2) is 47.6 Å². The number of ether oxygens (including phenoxy) is 3. The molecule has 1 aromatic heterocycles. The van der Waals surface area contributed by atoms with Gasteiger partial charge in [-0.05, 0) is 81.1 Å². The zero-order valence-electron chi connectivity index (χ0n) is 22.0. The van der Waals surface area contributed by atoms with Crippen LogP contribution >= 0.6 is 22.9 Å². The van der Waals surface area contributed by atoms with Gasteiger partial charge in [0.05, 0.1) is 30.6 Å². The van der Waals surface area contributed by atoms with Crippen molar-refractivity contribution in [1.29, 1.82) is 0 Å². The third kappa shape index (κ3) is 6.49. The molecule has 2 N–H and O–H groups in total. The highest BCUT2D eigenvalue weighted by molar-refractivity contribution is 7.17. The molecular formula is C28H26ClN3O7S. The first-order valence-corrected chi connectivity index (χ1v) is 13.5. The second-order valence-electron chi connectivity index (χ2n) is 8.64. The van der Waals surface area contributed by atoms with E-state index < -0.39 is 23.8 Å². The predicted octanol–water partition coefficient (Wildman–Crippen LogP) is 4.77. The zero-order valence-corrected chi connectivity index (χ0v) is 23.5. The number of hydrazone groups is 1. The minimum Gasteiger partial charge on any atom is -0.493 e. The molecule has 0 aliphatic heterocycles. The summed E-state index contributed by atoms with van der Waals surface area (Å²) in [5.74, 6) is -2.65. The predicted molar refractivity (Wildman–Crippen MR) is 151 cm³/mol. The molecule has 208 valence electrons. The van der Waals surface area contributed by atoms with Crippen molar-refractivity contribution in [3.8, 4) is 11.5 Å². The molecule has 2 aromatic carbocycles. The number of hydrogen-bond acceptors (Lipinski definition) is 9. The van der Waals surface area contributed by atoms with E-state index >= 15 is 0 Å². The third-order valence-electron chi connectivity index (χ3n) is 6.02. The Morgan fingerprint density at radius 1 is 0.975 bits per heavy atom. The number of benzene rings is 2. The molecule has 0 fully saturated rings. The molecule has 0 atom stereocenters. The number of hydrogen-bond donors (Lipinski definition) is 2. The lowest BCUT2D eigenvalue weighted by atomic mass is 10.1. The van der Waals surface area contributed by atoms with Gasteiger partial charge in [0.25, 0.3) is 0 Å². The van der Waals surface area contributed by atoms with Gasteiger partial charge in [-0.25, -0.2) is 15.0 Å². The molecule has 1 aliphatic carbocycles. The van der Waals surface area contributed by atoms with Gasteiger partial charge >= 0.3 is 23.8 Å². The second-order valence-corrected chi connectivity index (χ2v) is 10.2. The van der Waals surface area contributed by atoms with Gasteiger partial charge < -0.3 is 19.5 Å². The van der Waals surface area contributed by atoms with Crippen LogP contribution in [0.1, 0.15) is 57.0 Å². The first kappa shape index (κ1) is 28.8. The summed E-state index contributed by atoms with van der Waals surface area (Å²) >= 11 is 7.14. The van der Waals surface area contributed by atoms with Gasteiger partial charge in [-0.2, -0.15) is 5.10 Å². The van der Waals surface area contributed by atoms with E-state index in [0.717, 1.165) is 23.3 Å². The summed E-state index contributed by atoms with van der Waals surface area (Å²) in [5, 5.41) is 7.32. The Balaban J connectivity index is 1.42. The van der Waals surface area contributed by atoms with Crippen LogP contribution in [0.3, 0.4) is 0 Å². The van der Waals surface area contributed by atoms with Crippen LogP contribution in [-0.2, 0) is 27.2 Å². The molecule has 0 spiro atoms. The van der Waals surface area contributed by atoms with Gasteiger partial charge in [0.15, 0.2) is 11.5 Å². The van der Waals surface area contributed by atoms with Crippen LogP contribution < -0.4 is 20.2 Å². The number of thiophene rings is 1. The topological polar surface area (TPSA) is 132 Å². The Morgan fingerprint density at radius 2 is 1.70 bits per heavy atom. The Kier molecular flexibility index (Phi) is 9.18. The number of fused-ring (bicyclic) bond motifs is 1. The molecule has 0 saturated carbocycles. The molecule has 12 heteroatoms. The summed E-state index contributed by atoms with van der Waals surface area (Å²) in [6.45, 7) is 3.52. The lowest BCUT2D eigenvalue weighted by Crippen LogP contribution is -2.33. The summed E-state index contributed by atoms with van der Waals surface area (Å²) < 4.78 is 15.9. The number of esters is 2. The summed E-state index contributed by atoms with van der Waals surface area (Å²) in [5.41, 5.74) is 4.62. The largest absolute Gasteiger partial charge is 0.493 e. The standard InChI is InChI=1S/C28H26ClN3O7S/c1-4-38-28(36)23-19-6-5-7-22(19)40-26(23)30-24(33)25(34)32-31-15(2)17-10-13-20(21(14-17)37-3)39-27(35)16-8-11-18(29)12-9-16/h8-14H,4-7H2,1-3H3,(H,30,33)(H,32,34)/b31-15+. The molecule has 2 amide bonds. The van der Waals surface area contributed by atoms with Gasteiger partial charge in [-0.15, -0.1) is 11.3 Å². The maximum atomic E-state index is 12.6. The van der Waals surface area contributed by atoms with Crippen molar-refractivity contribution in [3.63, 3.8) is 0 Å². The van der Waals surface area contributed by atoms with E-state index in [1.54, 1.807) is 50.2 Å². The number of halogens is 1. The summed E-state index contributed by atoms with van der Waals surface area (Å²) in [7, 11) is 1.42. The zero-order chi connectivity index (χ0) is 28.8. The number of nitrogens with one attached hydrogen (secondary N) is 2. The highest BCUT2D eigenvalue weighted by atomic mass is 35.5. The van der Waals surface area contributed by atoms with Crippen LogP contribution in [0, 0.1) is 0 Å². The van der Waals surface area contributed by atoms with E-state index in [4.69, 9.17) is 25.8 Å². The lowest BCUT2D eigenvalue weighted by molar-refractivity contribution is -0.136. The van der Waals surface area contributed by atoms with Crippen molar-refractivity contribution in [1.82, 2.24) is 5.43 Å². The van der Waals surface area contributed by atoms with Crippen LogP contribution in [0.25, 0.3) is 0 Å². The fourth-order valence-corrected chi connectivity index (χ4v) is 5.44. The summed E-state index contributed by atoms with van der Waals surface area (Å²) in [6, 6.07) is 11.0. The number of nitrogens with zero attached hydrogens (tertiary/aromatic N) is 1. The average molecular weight is 584 g/mol. The van der Waals surface area contributed by atoms with Crippen LogP contribution in [-0.4, -0.2) is 43.2 Å². The van der Waals surface area contributed by atoms with Gasteiger partial charge in [0.1, 0.15) is 5.00 Å². The van der Waals surface area contributed by atoms with Gasteiger partial charge in [0, 0.05) is 15.5 Å². The number of anilines is 1. The average Bonchev–Trinajstić information content (AvgIpc) is 3.53. The van der Waals surface area contributed by atoms with Gasteiger partial charge in [-0.1, -0.05) is 11.6 Å². The van der Waals surface area contributed by atoms with E-state index in [0.29, 0.717) is 33.8 Å². The highest BCUT2D eigenvalue weighted by Crippen LogP contribution is 2.39. The number of carbonyl (C=O) groups excluding carboxylic acids is 4. The van der Waals surface area contributed by atoms with Crippen LogP contribution in [0.5, 0.6) is 11.5 Å². The number of amides is 2. The molecule has 3 aromatic rings. The quantitative estimate of drug-likeness (QED) is 0.128. The van der Waals surface area contributed by atoms with Crippen molar-refractivity contribution in [2.24, 2.45) is 5.10 Å². The van der Waals surface area contributed by atoms with E-state index in [9.17, 15) is 19.2 Å². The van der Waals surface area contributed by atoms with Crippen LogP contribution in [0.4, 0.5) is 5.00 Å². The molecule has 0 bridgehead atoms. The second kappa shape index (κ2) is 12.8. The van der Waals surface area contributed by atoms with E-state index in [1.807, 2.05) is 0 Å².